The molecule has 10 heteroatoms. The quantitative estimate of drug-likeness (QED) is 0.494. The van der Waals surface area contributed by atoms with Crippen LogP contribution in [0.2, 0.25) is 0 Å². The lowest BCUT2D eigenvalue weighted by Gasteiger charge is -2.15. The normalized spacial score (nSPS) is 13.4. The van der Waals surface area contributed by atoms with E-state index in [0.717, 1.165) is 0 Å². The van der Waals surface area contributed by atoms with Crippen LogP contribution in [0.4, 0.5) is 21.9 Å². The van der Waals surface area contributed by atoms with Gasteiger partial charge in [-0.15, -0.1) is 0 Å². The Morgan fingerprint density at radius 1 is 1.03 bits per heavy atom. The number of methoxy groups -OCH3 is 1. The smallest absolute Gasteiger partial charge is 0.321 e. The fourth-order valence-electron chi connectivity index (χ4n) is 3.39. The third kappa shape index (κ3) is 4.90. The molecule has 170 valence electrons. The number of sulfonamides is 1. The van der Waals surface area contributed by atoms with Gasteiger partial charge in [0.25, 0.3) is 15.9 Å². The number of amides is 3. The fourth-order valence-corrected chi connectivity index (χ4v) is 4.46. The number of rotatable bonds is 7. The maximum atomic E-state index is 12.7. The summed E-state index contributed by atoms with van der Waals surface area (Å²) in [5.74, 6) is -0.00891. The maximum absolute atomic E-state index is 12.7. The number of hydrogen-bond donors (Lipinski definition) is 3. The first-order valence-corrected chi connectivity index (χ1v) is 11.6. The molecule has 1 heterocycles. The van der Waals surface area contributed by atoms with Gasteiger partial charge < -0.3 is 15.4 Å². The van der Waals surface area contributed by atoms with Crippen molar-refractivity contribution in [2.45, 2.75) is 4.90 Å². The molecule has 3 aromatic carbocycles. The molecule has 33 heavy (non-hydrogen) atoms. The summed E-state index contributed by atoms with van der Waals surface area (Å²) in [4.78, 5) is 26.1. The summed E-state index contributed by atoms with van der Waals surface area (Å²) < 4.78 is 33.1. The minimum absolute atomic E-state index is 0.00648. The lowest BCUT2D eigenvalue weighted by Crippen LogP contribution is -2.27. The number of nitrogens with one attached hydrogen (secondary N) is 3. The van der Waals surface area contributed by atoms with E-state index in [-0.39, 0.29) is 16.5 Å². The Morgan fingerprint density at radius 2 is 1.79 bits per heavy atom. The lowest BCUT2D eigenvalue weighted by atomic mass is 10.2. The van der Waals surface area contributed by atoms with E-state index < -0.39 is 15.9 Å². The summed E-state index contributed by atoms with van der Waals surface area (Å²) in [5.41, 5.74) is 1.79. The van der Waals surface area contributed by atoms with E-state index in [0.29, 0.717) is 35.9 Å². The number of urea groups is 1. The van der Waals surface area contributed by atoms with Gasteiger partial charge in [-0.05, 0) is 54.6 Å². The maximum Gasteiger partial charge on any atom is 0.321 e. The molecule has 3 aromatic rings. The van der Waals surface area contributed by atoms with Crippen LogP contribution in [0, 0.1) is 0 Å². The van der Waals surface area contributed by atoms with Gasteiger partial charge in [0, 0.05) is 30.0 Å². The molecule has 1 fully saturated rings. The van der Waals surface area contributed by atoms with Crippen LogP contribution in [0.25, 0.3) is 0 Å². The molecule has 0 aromatic heterocycles. The van der Waals surface area contributed by atoms with Crippen LogP contribution < -0.4 is 25.0 Å². The largest absolute Gasteiger partial charge is 0.495 e. The molecule has 0 aliphatic carbocycles. The molecule has 0 radical (unpaired) electrons. The fraction of sp³-hybridized carbons (Fsp3) is 0.130. The highest BCUT2D eigenvalue weighted by atomic mass is 32.2. The third-order valence-electron chi connectivity index (χ3n) is 5.05. The topological polar surface area (TPSA) is 117 Å². The summed E-state index contributed by atoms with van der Waals surface area (Å²) in [6.07, 6.45) is 0. The SMILES string of the molecule is COc1ccccc1NS(=O)(=O)c1ccc(C(=O)Nc2cccc(N3CCNC3=O)c2)cc1. The molecule has 0 atom stereocenters. The molecule has 0 saturated carbocycles. The van der Waals surface area contributed by atoms with Crippen molar-refractivity contribution in [1.82, 2.24) is 5.32 Å². The van der Waals surface area contributed by atoms with E-state index in [2.05, 4.69) is 15.4 Å². The zero-order valence-electron chi connectivity index (χ0n) is 17.7. The monoisotopic (exact) mass is 466 g/mol. The van der Waals surface area contributed by atoms with Crippen LogP contribution in [-0.2, 0) is 10.0 Å². The third-order valence-corrected chi connectivity index (χ3v) is 6.43. The second-order valence-electron chi connectivity index (χ2n) is 7.22. The summed E-state index contributed by atoms with van der Waals surface area (Å²) in [5, 5.41) is 5.50. The highest BCUT2D eigenvalue weighted by Crippen LogP contribution is 2.26. The number of anilines is 3. The minimum Gasteiger partial charge on any atom is -0.495 e. The van der Waals surface area contributed by atoms with Crippen molar-refractivity contribution < 1.29 is 22.7 Å². The zero-order valence-corrected chi connectivity index (χ0v) is 18.6. The van der Waals surface area contributed by atoms with Gasteiger partial charge in [0.05, 0.1) is 17.7 Å². The van der Waals surface area contributed by atoms with Crippen molar-refractivity contribution in [3.8, 4) is 5.75 Å². The molecular weight excluding hydrogens is 444 g/mol. The number of hydrogen-bond acceptors (Lipinski definition) is 5. The molecule has 0 spiro atoms. The number of para-hydroxylation sites is 2. The molecule has 0 bridgehead atoms. The molecule has 4 rings (SSSR count). The first kappa shape index (κ1) is 22.2. The van der Waals surface area contributed by atoms with Crippen LogP contribution >= 0.6 is 0 Å². The molecule has 1 saturated heterocycles. The Morgan fingerprint density at radius 3 is 2.48 bits per heavy atom. The first-order valence-electron chi connectivity index (χ1n) is 10.1. The van der Waals surface area contributed by atoms with Gasteiger partial charge in [-0.25, -0.2) is 13.2 Å². The lowest BCUT2D eigenvalue weighted by molar-refractivity contribution is 0.102. The van der Waals surface area contributed by atoms with Crippen LogP contribution in [0.15, 0.2) is 77.7 Å². The van der Waals surface area contributed by atoms with Gasteiger partial charge >= 0.3 is 6.03 Å². The molecule has 1 aliphatic rings. The van der Waals surface area contributed by atoms with Crippen LogP contribution in [0.1, 0.15) is 10.4 Å². The second kappa shape index (κ2) is 9.21. The number of carbonyl (C=O) groups excluding carboxylic acids is 2. The Hall–Kier alpha value is -4.05. The summed E-state index contributed by atoms with van der Waals surface area (Å²) in [6.45, 7) is 1.12. The predicted molar refractivity (Wildman–Crippen MR) is 125 cm³/mol. The highest BCUT2D eigenvalue weighted by molar-refractivity contribution is 7.92. The number of benzene rings is 3. The second-order valence-corrected chi connectivity index (χ2v) is 8.90. The van der Waals surface area contributed by atoms with Gasteiger partial charge in [-0.3, -0.25) is 14.4 Å². The van der Waals surface area contributed by atoms with E-state index in [4.69, 9.17) is 4.74 Å². The van der Waals surface area contributed by atoms with Gasteiger partial charge in [0.15, 0.2) is 0 Å². The summed E-state index contributed by atoms with van der Waals surface area (Å²) in [6, 6.07) is 19.0. The Kier molecular flexibility index (Phi) is 6.18. The molecular formula is C23H22N4O5S. The standard InChI is InChI=1S/C23H22N4O5S/c1-32-21-8-3-2-7-20(21)26-33(30,31)19-11-9-16(10-12-19)22(28)25-17-5-4-6-18(15-17)27-14-13-24-23(27)29/h2-12,15,26H,13-14H2,1H3,(H,24,29)(H,25,28). The van der Waals surface area contributed by atoms with Gasteiger partial charge in [-0.2, -0.15) is 0 Å². The molecule has 1 aliphatic heterocycles. The van der Waals surface area contributed by atoms with Crippen molar-refractivity contribution in [3.05, 3.63) is 78.4 Å². The summed E-state index contributed by atoms with van der Waals surface area (Å²) in [7, 11) is -2.42. The van der Waals surface area contributed by atoms with Gasteiger partial charge in [0.1, 0.15) is 5.75 Å². The van der Waals surface area contributed by atoms with E-state index >= 15 is 0 Å². The molecule has 3 N–H and O–H groups in total. The summed E-state index contributed by atoms with van der Waals surface area (Å²) >= 11 is 0. The zero-order chi connectivity index (χ0) is 23.4. The van der Waals surface area contributed by atoms with Crippen LogP contribution in [0.3, 0.4) is 0 Å². The average Bonchev–Trinajstić information content (AvgIpc) is 3.25. The van der Waals surface area contributed by atoms with Gasteiger partial charge in [0.2, 0.25) is 0 Å². The Bertz CT molecular complexity index is 1290. The van der Waals surface area contributed by atoms with E-state index in [1.807, 2.05) is 0 Å². The van der Waals surface area contributed by atoms with E-state index in [9.17, 15) is 18.0 Å². The minimum atomic E-state index is -3.87. The van der Waals surface area contributed by atoms with E-state index in [1.165, 1.54) is 31.4 Å². The first-order chi connectivity index (χ1) is 15.9. The Labute approximate surface area is 191 Å². The number of carbonyl (C=O) groups is 2. The van der Waals surface area contributed by atoms with Crippen LogP contribution in [-0.4, -0.2) is 40.6 Å². The van der Waals surface area contributed by atoms with Gasteiger partial charge in [-0.1, -0.05) is 18.2 Å². The number of ether oxygens (including phenoxy) is 1. The van der Waals surface area contributed by atoms with Crippen molar-refractivity contribution in [1.29, 1.82) is 0 Å². The van der Waals surface area contributed by atoms with Crippen LogP contribution in [0.5, 0.6) is 5.75 Å². The van der Waals surface area contributed by atoms with E-state index in [1.54, 1.807) is 53.4 Å². The van der Waals surface area contributed by atoms with Crippen molar-refractivity contribution in [2.75, 3.05) is 35.1 Å². The molecule has 3 amide bonds. The van der Waals surface area contributed by atoms with Crippen molar-refractivity contribution in [2.24, 2.45) is 0 Å². The predicted octanol–water partition coefficient (Wildman–Crippen LogP) is 3.28. The average molecular weight is 467 g/mol. The highest BCUT2D eigenvalue weighted by Gasteiger charge is 2.21. The Balaban J connectivity index is 1.47. The number of nitrogens with zero attached hydrogens (tertiary/aromatic N) is 1. The molecule has 0 unspecified atom stereocenters. The molecule has 9 nitrogen and oxygen atoms in total. The van der Waals surface area contributed by atoms with Crippen molar-refractivity contribution >= 4 is 39.0 Å². The van der Waals surface area contributed by atoms with Crippen molar-refractivity contribution in [3.63, 3.8) is 0 Å².